The first-order valence-corrected chi connectivity index (χ1v) is 14.8. The minimum Gasteiger partial charge on any atom is -0.497 e. The first-order valence-electron chi connectivity index (χ1n) is 13.9. The van der Waals surface area contributed by atoms with Crippen molar-refractivity contribution in [2.24, 2.45) is 0 Å². The Hall–Kier alpha value is -4.82. The number of para-hydroxylation sites is 1. The fourth-order valence-electron chi connectivity index (χ4n) is 4.39. The highest BCUT2D eigenvalue weighted by atomic mass is 32.2. The lowest BCUT2D eigenvalue weighted by Crippen LogP contribution is -2.30. The van der Waals surface area contributed by atoms with Gasteiger partial charge in [0.05, 0.1) is 12.4 Å². The average molecular weight is 594 g/mol. The molecule has 0 saturated carbocycles. The van der Waals surface area contributed by atoms with Crippen LogP contribution in [0.2, 0.25) is 0 Å². The molecule has 3 N–H and O–H groups in total. The molecule has 7 nitrogen and oxygen atoms in total. The molecule has 0 aliphatic carbocycles. The lowest BCUT2D eigenvalue weighted by molar-refractivity contribution is -0.116. The van der Waals surface area contributed by atoms with Crippen molar-refractivity contribution in [1.82, 2.24) is 5.32 Å². The maximum atomic E-state index is 13.5. The summed E-state index contributed by atoms with van der Waals surface area (Å²) >= 11 is 1.43. The van der Waals surface area contributed by atoms with Gasteiger partial charge in [-0.25, -0.2) is 0 Å². The summed E-state index contributed by atoms with van der Waals surface area (Å²) in [6.45, 7) is 5.92. The van der Waals surface area contributed by atoms with E-state index in [1.54, 1.807) is 61.7 Å². The van der Waals surface area contributed by atoms with Crippen LogP contribution in [0.3, 0.4) is 0 Å². The summed E-state index contributed by atoms with van der Waals surface area (Å²) in [5, 5.41) is 8.40. The van der Waals surface area contributed by atoms with Crippen molar-refractivity contribution in [3.8, 4) is 5.75 Å². The fourth-order valence-corrected chi connectivity index (χ4v) is 5.40. The molecule has 0 aliphatic heterocycles. The molecule has 0 spiro atoms. The van der Waals surface area contributed by atoms with Crippen LogP contribution in [0.1, 0.15) is 40.4 Å². The Labute approximate surface area is 256 Å². The summed E-state index contributed by atoms with van der Waals surface area (Å²) in [5.74, 6) is -0.352. The van der Waals surface area contributed by atoms with E-state index >= 15 is 0 Å². The number of rotatable bonds is 11. The van der Waals surface area contributed by atoms with Gasteiger partial charge in [-0.1, -0.05) is 61.5 Å². The molecular formula is C35H35N3O4S. The van der Waals surface area contributed by atoms with Crippen molar-refractivity contribution in [1.29, 1.82) is 0 Å². The smallest absolute Gasteiger partial charge is 0.272 e. The van der Waals surface area contributed by atoms with Crippen molar-refractivity contribution in [3.63, 3.8) is 0 Å². The van der Waals surface area contributed by atoms with Gasteiger partial charge < -0.3 is 20.7 Å². The van der Waals surface area contributed by atoms with Gasteiger partial charge in [-0.2, -0.15) is 0 Å². The number of nitrogens with one attached hydrogen (secondary N) is 3. The largest absolute Gasteiger partial charge is 0.497 e. The Bertz CT molecular complexity index is 1620. The molecule has 0 aliphatic rings. The second-order valence-corrected chi connectivity index (χ2v) is 11.2. The van der Waals surface area contributed by atoms with Gasteiger partial charge in [-0.05, 0) is 85.5 Å². The molecule has 0 radical (unpaired) electrons. The number of thioether (sulfide) groups is 1. The predicted octanol–water partition coefficient (Wildman–Crippen LogP) is 7.23. The number of hydrogen-bond donors (Lipinski definition) is 3. The first-order chi connectivity index (χ1) is 20.8. The predicted molar refractivity (Wildman–Crippen MR) is 174 cm³/mol. The van der Waals surface area contributed by atoms with E-state index in [0.29, 0.717) is 29.0 Å². The summed E-state index contributed by atoms with van der Waals surface area (Å²) in [6.07, 6.45) is 2.22. The van der Waals surface area contributed by atoms with Crippen molar-refractivity contribution >= 4 is 46.9 Å². The number of carbonyl (C=O) groups excluding carboxylic acids is 3. The molecule has 0 aromatic heterocycles. The summed E-state index contributed by atoms with van der Waals surface area (Å²) in [6, 6.07) is 29.1. The molecule has 0 fully saturated rings. The lowest BCUT2D eigenvalue weighted by Gasteiger charge is -2.18. The maximum absolute atomic E-state index is 13.5. The highest BCUT2D eigenvalue weighted by molar-refractivity contribution is 8.00. The monoisotopic (exact) mass is 593 g/mol. The molecule has 4 rings (SSSR count). The Morgan fingerprint density at radius 2 is 1.53 bits per heavy atom. The fraction of sp³-hybridized carbons (Fsp3) is 0.171. The Morgan fingerprint density at radius 3 is 2.23 bits per heavy atom. The third-order valence-electron chi connectivity index (χ3n) is 6.70. The van der Waals surface area contributed by atoms with Crippen molar-refractivity contribution in [2.75, 3.05) is 17.7 Å². The normalized spacial score (nSPS) is 11.8. The molecule has 0 heterocycles. The van der Waals surface area contributed by atoms with Crippen LogP contribution in [0.15, 0.2) is 108 Å². The van der Waals surface area contributed by atoms with Crippen LogP contribution in [-0.4, -0.2) is 30.1 Å². The molecule has 4 aromatic rings. The van der Waals surface area contributed by atoms with Gasteiger partial charge >= 0.3 is 0 Å². The van der Waals surface area contributed by atoms with Crippen LogP contribution in [-0.2, 0) is 9.59 Å². The molecule has 0 bridgehead atoms. The van der Waals surface area contributed by atoms with Crippen LogP contribution >= 0.6 is 11.8 Å². The molecule has 8 heteroatoms. The number of benzene rings is 4. The number of anilines is 2. The van der Waals surface area contributed by atoms with Crippen molar-refractivity contribution in [3.05, 3.63) is 125 Å². The lowest BCUT2D eigenvalue weighted by atomic mass is 10.1. The van der Waals surface area contributed by atoms with Crippen LogP contribution in [0.4, 0.5) is 11.4 Å². The Kier molecular flexibility index (Phi) is 10.8. The average Bonchev–Trinajstić information content (AvgIpc) is 3.02. The Morgan fingerprint density at radius 1 is 0.837 bits per heavy atom. The van der Waals surface area contributed by atoms with Crippen LogP contribution in [0.5, 0.6) is 5.75 Å². The number of hydrogen-bond acceptors (Lipinski definition) is 5. The SMILES string of the molecule is CCC(Sc1cccc(NC(=O)/C(=C/c2cccc(OC)c2)NC(=O)c2ccccc2)c1)C(=O)Nc1c(C)cccc1C. The second-order valence-electron chi connectivity index (χ2n) is 9.91. The standard InChI is InChI=1S/C35H35N3O4S/c1-5-31(35(41)38-32-23(2)12-9-13-24(32)3)43-29-19-11-17-27(22-29)36-34(40)30(21-25-14-10-18-28(20-25)42-4)37-33(39)26-15-7-6-8-16-26/h6-22,31H,5H2,1-4H3,(H,36,40)(H,37,39)(H,38,41)/b30-21-. The van der Waals surface area contributed by atoms with Gasteiger partial charge in [0.1, 0.15) is 11.4 Å². The molecule has 220 valence electrons. The van der Waals surface area contributed by atoms with Crippen LogP contribution in [0.25, 0.3) is 6.08 Å². The quantitative estimate of drug-likeness (QED) is 0.126. The van der Waals surface area contributed by atoms with Crippen LogP contribution in [0, 0.1) is 13.8 Å². The van der Waals surface area contributed by atoms with Gasteiger partial charge in [0, 0.05) is 21.8 Å². The topological polar surface area (TPSA) is 96.5 Å². The van der Waals surface area contributed by atoms with Gasteiger partial charge in [0.25, 0.3) is 11.8 Å². The van der Waals surface area contributed by atoms with E-state index in [9.17, 15) is 14.4 Å². The van der Waals surface area contributed by atoms with E-state index in [2.05, 4.69) is 16.0 Å². The molecule has 3 amide bonds. The highest BCUT2D eigenvalue weighted by Gasteiger charge is 2.20. The summed E-state index contributed by atoms with van der Waals surface area (Å²) in [5.41, 5.74) is 4.56. The van der Waals surface area contributed by atoms with E-state index < -0.39 is 11.8 Å². The van der Waals surface area contributed by atoms with Crippen LogP contribution < -0.4 is 20.7 Å². The Balaban J connectivity index is 1.52. The third kappa shape index (κ3) is 8.59. The van der Waals surface area contributed by atoms with Gasteiger partial charge in [0.15, 0.2) is 0 Å². The van der Waals surface area contributed by atoms with E-state index in [1.807, 2.05) is 69.3 Å². The van der Waals surface area contributed by atoms with E-state index in [1.165, 1.54) is 11.8 Å². The summed E-state index contributed by atoms with van der Waals surface area (Å²) in [7, 11) is 1.56. The zero-order chi connectivity index (χ0) is 30.8. The molecule has 0 saturated heterocycles. The molecular weight excluding hydrogens is 558 g/mol. The number of methoxy groups -OCH3 is 1. The minimum absolute atomic E-state index is 0.0691. The summed E-state index contributed by atoms with van der Waals surface area (Å²) < 4.78 is 5.31. The van der Waals surface area contributed by atoms with E-state index in [4.69, 9.17) is 4.74 Å². The minimum atomic E-state index is -0.492. The number of aryl methyl sites for hydroxylation is 2. The van der Waals surface area contributed by atoms with Gasteiger partial charge in [-0.15, -0.1) is 11.8 Å². The second kappa shape index (κ2) is 14.9. The van der Waals surface area contributed by atoms with E-state index in [-0.39, 0.29) is 16.9 Å². The zero-order valence-corrected chi connectivity index (χ0v) is 25.5. The summed E-state index contributed by atoms with van der Waals surface area (Å²) in [4.78, 5) is 40.5. The third-order valence-corrected chi connectivity index (χ3v) is 8.05. The molecule has 4 aromatic carbocycles. The number of amides is 3. The molecule has 43 heavy (non-hydrogen) atoms. The van der Waals surface area contributed by atoms with Gasteiger partial charge in [-0.3, -0.25) is 14.4 Å². The molecule has 1 unspecified atom stereocenters. The molecule has 1 atom stereocenters. The number of ether oxygens (including phenoxy) is 1. The van der Waals surface area contributed by atoms with Crippen molar-refractivity contribution in [2.45, 2.75) is 37.3 Å². The van der Waals surface area contributed by atoms with Crippen molar-refractivity contribution < 1.29 is 19.1 Å². The number of carbonyl (C=O) groups is 3. The van der Waals surface area contributed by atoms with E-state index in [0.717, 1.165) is 21.7 Å². The highest BCUT2D eigenvalue weighted by Crippen LogP contribution is 2.30. The van der Waals surface area contributed by atoms with Gasteiger partial charge in [0.2, 0.25) is 5.91 Å². The maximum Gasteiger partial charge on any atom is 0.272 e. The first kappa shape index (κ1) is 31.1. The zero-order valence-electron chi connectivity index (χ0n) is 24.6.